The van der Waals surface area contributed by atoms with Gasteiger partial charge in [-0.05, 0) is 49.6 Å². The second kappa shape index (κ2) is 8.60. The van der Waals surface area contributed by atoms with Gasteiger partial charge in [0.25, 0.3) is 5.89 Å². The molecule has 9 heteroatoms. The molecule has 2 heterocycles. The maximum atomic E-state index is 12.6. The zero-order valence-electron chi connectivity index (χ0n) is 15.9. The SMILES string of the molecule is CCOc1cc(CN(Cc2nnc(-c3ccco3)o2)C2CC2)ccc1OC(F)F. The summed E-state index contributed by atoms with van der Waals surface area (Å²) in [7, 11) is 0. The highest BCUT2D eigenvalue weighted by Crippen LogP contribution is 2.33. The van der Waals surface area contributed by atoms with Gasteiger partial charge in [-0.25, -0.2) is 0 Å². The molecule has 1 saturated carbocycles. The van der Waals surface area contributed by atoms with Crippen LogP contribution in [0.15, 0.2) is 45.4 Å². The molecule has 0 radical (unpaired) electrons. The maximum absolute atomic E-state index is 12.6. The summed E-state index contributed by atoms with van der Waals surface area (Å²) < 4.78 is 46.2. The van der Waals surface area contributed by atoms with E-state index >= 15 is 0 Å². The Morgan fingerprint density at radius 1 is 1.17 bits per heavy atom. The van der Waals surface area contributed by atoms with Crippen LogP contribution in [-0.4, -0.2) is 34.4 Å². The lowest BCUT2D eigenvalue weighted by Gasteiger charge is -2.21. The lowest BCUT2D eigenvalue weighted by Crippen LogP contribution is -2.25. The molecule has 0 aliphatic heterocycles. The Balaban J connectivity index is 1.48. The number of hydrogen-bond acceptors (Lipinski definition) is 7. The lowest BCUT2D eigenvalue weighted by molar-refractivity contribution is -0.0514. The van der Waals surface area contributed by atoms with Crippen LogP contribution in [0.1, 0.15) is 31.2 Å². The van der Waals surface area contributed by atoms with E-state index in [0.717, 1.165) is 18.4 Å². The van der Waals surface area contributed by atoms with Crippen LogP contribution in [0, 0.1) is 0 Å². The van der Waals surface area contributed by atoms with Crippen molar-refractivity contribution in [3.8, 4) is 23.1 Å². The molecule has 0 spiro atoms. The van der Waals surface area contributed by atoms with Gasteiger partial charge < -0.3 is 18.3 Å². The zero-order valence-corrected chi connectivity index (χ0v) is 15.9. The predicted molar refractivity (Wildman–Crippen MR) is 98.5 cm³/mol. The molecule has 4 rings (SSSR count). The minimum atomic E-state index is -2.90. The van der Waals surface area contributed by atoms with Crippen molar-refractivity contribution in [3.05, 3.63) is 48.0 Å². The van der Waals surface area contributed by atoms with Crippen LogP contribution in [0.5, 0.6) is 11.5 Å². The van der Waals surface area contributed by atoms with E-state index in [4.69, 9.17) is 13.6 Å². The maximum Gasteiger partial charge on any atom is 0.387 e. The fraction of sp³-hybridized carbons (Fsp3) is 0.400. The minimum absolute atomic E-state index is 0.0311. The molecule has 2 aromatic heterocycles. The van der Waals surface area contributed by atoms with E-state index in [2.05, 4.69) is 19.8 Å². The monoisotopic (exact) mass is 405 g/mol. The highest BCUT2D eigenvalue weighted by Gasteiger charge is 2.30. The summed E-state index contributed by atoms with van der Waals surface area (Å²) in [5, 5.41) is 8.14. The first-order valence-corrected chi connectivity index (χ1v) is 9.43. The third-order valence-corrected chi connectivity index (χ3v) is 4.51. The molecule has 7 nitrogen and oxygen atoms in total. The third-order valence-electron chi connectivity index (χ3n) is 4.51. The second-order valence-corrected chi connectivity index (χ2v) is 6.71. The number of halogens is 2. The van der Waals surface area contributed by atoms with Crippen molar-refractivity contribution in [1.29, 1.82) is 0 Å². The molecule has 0 N–H and O–H groups in total. The van der Waals surface area contributed by atoms with Gasteiger partial charge in [-0.2, -0.15) is 8.78 Å². The summed E-state index contributed by atoms with van der Waals surface area (Å²) in [4.78, 5) is 2.22. The molecule has 1 aromatic carbocycles. The second-order valence-electron chi connectivity index (χ2n) is 6.71. The van der Waals surface area contributed by atoms with E-state index in [1.54, 1.807) is 37.5 Å². The molecular formula is C20H21F2N3O4. The van der Waals surface area contributed by atoms with Gasteiger partial charge in [0.2, 0.25) is 5.89 Å². The Kier molecular flexibility index (Phi) is 5.75. The molecule has 154 valence electrons. The quantitative estimate of drug-likeness (QED) is 0.492. The van der Waals surface area contributed by atoms with E-state index in [1.165, 1.54) is 6.07 Å². The number of ether oxygens (including phenoxy) is 2. The normalized spacial score (nSPS) is 14.0. The number of aromatic nitrogens is 2. The number of rotatable bonds is 10. The van der Waals surface area contributed by atoms with Crippen LogP contribution in [0.3, 0.4) is 0 Å². The van der Waals surface area contributed by atoms with Gasteiger partial charge in [-0.15, -0.1) is 10.2 Å². The Morgan fingerprint density at radius 2 is 2.03 bits per heavy atom. The number of benzene rings is 1. The molecule has 1 aliphatic rings. The van der Waals surface area contributed by atoms with Crippen LogP contribution >= 0.6 is 0 Å². The Morgan fingerprint density at radius 3 is 2.72 bits per heavy atom. The molecule has 0 bridgehead atoms. The average Bonchev–Trinajstić information content (AvgIpc) is 3.19. The summed E-state index contributed by atoms with van der Waals surface area (Å²) in [6.45, 7) is 0.327. The van der Waals surface area contributed by atoms with Crippen LogP contribution in [0.2, 0.25) is 0 Å². The van der Waals surface area contributed by atoms with Crippen molar-refractivity contribution in [1.82, 2.24) is 15.1 Å². The number of furan rings is 1. The zero-order chi connectivity index (χ0) is 20.2. The molecule has 3 aromatic rings. The van der Waals surface area contributed by atoms with Crippen molar-refractivity contribution in [3.63, 3.8) is 0 Å². The summed E-state index contributed by atoms with van der Waals surface area (Å²) in [6.07, 6.45) is 3.72. The van der Waals surface area contributed by atoms with Crippen molar-refractivity contribution in [2.75, 3.05) is 6.61 Å². The van der Waals surface area contributed by atoms with Gasteiger partial charge in [-0.3, -0.25) is 4.90 Å². The molecule has 0 saturated heterocycles. The van der Waals surface area contributed by atoms with Gasteiger partial charge >= 0.3 is 6.61 Å². The number of hydrogen-bond donors (Lipinski definition) is 0. The fourth-order valence-electron chi connectivity index (χ4n) is 3.09. The van der Waals surface area contributed by atoms with E-state index in [-0.39, 0.29) is 5.75 Å². The largest absolute Gasteiger partial charge is 0.490 e. The van der Waals surface area contributed by atoms with Gasteiger partial charge in [0.15, 0.2) is 17.3 Å². The molecular weight excluding hydrogens is 384 g/mol. The highest BCUT2D eigenvalue weighted by molar-refractivity contribution is 5.43. The third kappa shape index (κ3) is 4.92. The van der Waals surface area contributed by atoms with Gasteiger partial charge in [0, 0.05) is 12.6 Å². The molecule has 0 amide bonds. The Bertz CT molecular complexity index is 926. The van der Waals surface area contributed by atoms with E-state index in [9.17, 15) is 8.78 Å². The number of nitrogens with zero attached hydrogens (tertiary/aromatic N) is 3. The Labute approximate surface area is 166 Å². The summed E-state index contributed by atoms with van der Waals surface area (Å²) in [5.41, 5.74) is 0.924. The van der Waals surface area contributed by atoms with E-state index in [1.807, 2.05) is 0 Å². The first kappa shape index (κ1) is 19.4. The standard InChI is InChI=1S/C20H21F2N3O4/c1-2-26-17-10-13(5-8-15(17)28-20(21)22)11-25(14-6-7-14)12-18-23-24-19(29-18)16-4-3-9-27-16/h3-5,8-10,14,20H,2,6-7,11-12H2,1H3. The summed E-state index contributed by atoms with van der Waals surface area (Å²) >= 11 is 0. The average molecular weight is 405 g/mol. The van der Waals surface area contributed by atoms with Crippen LogP contribution in [0.25, 0.3) is 11.7 Å². The number of alkyl halides is 2. The molecule has 29 heavy (non-hydrogen) atoms. The van der Waals surface area contributed by atoms with Crippen LogP contribution in [0.4, 0.5) is 8.78 Å². The van der Waals surface area contributed by atoms with Crippen molar-refractivity contribution >= 4 is 0 Å². The van der Waals surface area contributed by atoms with E-state index < -0.39 is 6.61 Å². The topological polar surface area (TPSA) is 73.8 Å². The summed E-state index contributed by atoms with van der Waals surface area (Å²) in [5.74, 6) is 1.69. The highest BCUT2D eigenvalue weighted by atomic mass is 19.3. The molecule has 1 fully saturated rings. The minimum Gasteiger partial charge on any atom is -0.490 e. The molecule has 1 aliphatic carbocycles. The van der Waals surface area contributed by atoms with Crippen LogP contribution < -0.4 is 9.47 Å². The van der Waals surface area contributed by atoms with Crippen molar-refractivity contribution in [2.24, 2.45) is 0 Å². The smallest absolute Gasteiger partial charge is 0.387 e. The molecule has 0 unspecified atom stereocenters. The van der Waals surface area contributed by atoms with Crippen LogP contribution in [-0.2, 0) is 13.1 Å². The van der Waals surface area contributed by atoms with E-state index in [0.29, 0.717) is 49.0 Å². The lowest BCUT2D eigenvalue weighted by atomic mass is 10.2. The molecule has 0 atom stereocenters. The first-order valence-electron chi connectivity index (χ1n) is 9.43. The summed E-state index contributed by atoms with van der Waals surface area (Å²) in [6, 6.07) is 8.94. The van der Waals surface area contributed by atoms with Gasteiger partial charge in [0.05, 0.1) is 19.4 Å². The fourth-order valence-corrected chi connectivity index (χ4v) is 3.09. The van der Waals surface area contributed by atoms with Crippen molar-refractivity contribution < 1.29 is 27.1 Å². The first-order chi connectivity index (χ1) is 14.1. The predicted octanol–water partition coefficient (Wildman–Crippen LogP) is 4.49. The van der Waals surface area contributed by atoms with Gasteiger partial charge in [0.1, 0.15) is 0 Å². The van der Waals surface area contributed by atoms with Gasteiger partial charge in [-0.1, -0.05) is 6.07 Å². The Hall–Kier alpha value is -2.94. The van der Waals surface area contributed by atoms with Crippen molar-refractivity contribution in [2.45, 2.75) is 45.5 Å².